The second kappa shape index (κ2) is 19.0. The van der Waals surface area contributed by atoms with Crippen LogP contribution >= 0.6 is 0 Å². The summed E-state index contributed by atoms with van der Waals surface area (Å²) in [6, 6.07) is 98.3. The summed E-state index contributed by atoms with van der Waals surface area (Å²) >= 11 is 0. The van der Waals surface area contributed by atoms with Gasteiger partial charge in [0, 0.05) is 43.7 Å². The van der Waals surface area contributed by atoms with Gasteiger partial charge in [-0.3, -0.25) is 0 Å². The molecule has 6 atom stereocenters. The highest BCUT2D eigenvalue weighted by Gasteiger charge is 2.68. The lowest BCUT2D eigenvalue weighted by Gasteiger charge is -2.60. The number of rotatable bonds is 5. The topological polar surface area (TPSA) is 51.8 Å². The van der Waals surface area contributed by atoms with Crippen molar-refractivity contribution in [2.45, 2.75) is 73.0 Å². The van der Waals surface area contributed by atoms with E-state index in [4.69, 9.17) is 19.4 Å². The number of benzene rings is 11. The van der Waals surface area contributed by atoms with Crippen LogP contribution in [0.25, 0.3) is 117 Å². The van der Waals surface area contributed by atoms with Crippen molar-refractivity contribution in [3.8, 4) is 89.8 Å². The smallest absolute Gasteiger partial charge is 0.164 e. The fraction of sp³-hybridized carbons (Fsp3) is 0.155. The predicted molar refractivity (Wildman–Crippen MR) is 358 cm³/mol. The largest absolute Gasteiger partial charge is 0.456 e. The van der Waals surface area contributed by atoms with Gasteiger partial charge in [0.2, 0.25) is 0 Å². The molecule has 0 amide bonds. The zero-order chi connectivity index (χ0) is 57.7. The molecule has 0 aliphatic heterocycles. The van der Waals surface area contributed by atoms with E-state index < -0.39 is 0 Å². The average molecular weight is 1130 g/mol. The maximum absolute atomic E-state index is 6.28. The molecule has 6 bridgehead atoms. The molecule has 6 aliphatic carbocycles. The van der Waals surface area contributed by atoms with Gasteiger partial charge in [-0.15, -0.1) is 0 Å². The Balaban J connectivity index is 0.797. The van der Waals surface area contributed by atoms with E-state index >= 15 is 0 Å². The van der Waals surface area contributed by atoms with E-state index in [2.05, 4.69) is 249 Å². The summed E-state index contributed by atoms with van der Waals surface area (Å²) in [5, 5.41) is 2.10. The number of hydrogen-bond acceptors (Lipinski definition) is 4. The Morgan fingerprint density at radius 1 is 0.330 bits per heavy atom. The van der Waals surface area contributed by atoms with Gasteiger partial charge in [0.05, 0.1) is 0 Å². The quantitative estimate of drug-likeness (QED) is 0.172. The first-order valence-corrected chi connectivity index (χ1v) is 31.8. The third kappa shape index (κ3) is 7.29. The molecule has 2 saturated carbocycles. The van der Waals surface area contributed by atoms with E-state index in [1.165, 1.54) is 80.5 Å². The molecule has 6 aliphatic rings. The first-order valence-electron chi connectivity index (χ1n) is 31.8. The van der Waals surface area contributed by atoms with Crippen LogP contribution in [0.3, 0.4) is 0 Å². The van der Waals surface area contributed by atoms with Gasteiger partial charge in [-0.25, -0.2) is 15.0 Å². The molecule has 2 fully saturated rings. The van der Waals surface area contributed by atoms with Crippen LogP contribution in [0, 0.1) is 5.92 Å². The number of furan rings is 1. The number of nitrogens with zero attached hydrogens (tertiary/aromatic N) is 3. The molecule has 0 N–H and O–H groups in total. The molecule has 0 radical (unpaired) electrons. The van der Waals surface area contributed by atoms with Crippen molar-refractivity contribution in [3.05, 3.63) is 300 Å². The van der Waals surface area contributed by atoms with Gasteiger partial charge in [-0.2, -0.15) is 0 Å². The highest BCUT2D eigenvalue weighted by atomic mass is 16.3. The predicted octanol–water partition coefficient (Wildman–Crippen LogP) is 21.2. The van der Waals surface area contributed by atoms with E-state index in [9.17, 15) is 0 Å². The van der Waals surface area contributed by atoms with Crippen LogP contribution in [0.1, 0.15) is 90.2 Å². The van der Waals surface area contributed by atoms with Gasteiger partial charge in [0.15, 0.2) is 17.5 Å². The van der Waals surface area contributed by atoms with Crippen LogP contribution in [-0.2, 0) is 16.2 Å². The Labute approximate surface area is 513 Å². The first kappa shape index (κ1) is 50.2. The number of aromatic nitrogens is 3. The molecule has 2 aromatic heterocycles. The lowest BCUT2D eigenvalue weighted by molar-refractivity contribution is 0.0744. The van der Waals surface area contributed by atoms with Crippen molar-refractivity contribution in [2.24, 2.45) is 5.92 Å². The summed E-state index contributed by atoms with van der Waals surface area (Å²) in [4.78, 5) is 15.9. The summed E-state index contributed by atoms with van der Waals surface area (Å²) in [5.74, 6) is 2.93. The molecular weight excluding hydrogens is 1070 g/mol. The number of allylic oxidation sites excluding steroid dienone is 2. The third-order valence-corrected chi connectivity index (χ3v) is 22.0. The Morgan fingerprint density at radius 2 is 0.841 bits per heavy atom. The Kier molecular flexibility index (Phi) is 10.8. The minimum absolute atomic E-state index is 0.114. The van der Waals surface area contributed by atoms with Crippen molar-refractivity contribution in [2.75, 3.05) is 0 Å². The molecule has 2 heterocycles. The highest BCUT2D eigenvalue weighted by molar-refractivity contribution is 6.06. The third-order valence-electron chi connectivity index (χ3n) is 22.0. The summed E-state index contributed by atoms with van der Waals surface area (Å²) in [5.41, 5.74) is 27.5. The minimum atomic E-state index is -0.321. The lowest BCUT2D eigenvalue weighted by atomic mass is 9.42. The van der Waals surface area contributed by atoms with Gasteiger partial charge >= 0.3 is 0 Å². The molecule has 0 saturated heterocycles. The number of para-hydroxylation sites is 1. The van der Waals surface area contributed by atoms with E-state index in [0.717, 1.165) is 81.0 Å². The van der Waals surface area contributed by atoms with Crippen LogP contribution in [0.5, 0.6) is 0 Å². The molecular formula is C84H61N3O. The summed E-state index contributed by atoms with van der Waals surface area (Å²) < 4.78 is 6.28. The fourth-order valence-electron chi connectivity index (χ4n) is 18.7. The molecule has 19 rings (SSSR count). The van der Waals surface area contributed by atoms with Crippen LogP contribution < -0.4 is 0 Å². The van der Waals surface area contributed by atoms with Crippen molar-refractivity contribution >= 4 is 27.5 Å². The van der Waals surface area contributed by atoms with Crippen LogP contribution in [0.15, 0.2) is 271 Å². The molecule has 418 valence electrons. The summed E-state index contributed by atoms with van der Waals surface area (Å²) in [7, 11) is 0. The number of fused-ring (bicyclic) bond motifs is 18. The van der Waals surface area contributed by atoms with Crippen molar-refractivity contribution < 1.29 is 4.42 Å². The Hall–Kier alpha value is -10.0. The van der Waals surface area contributed by atoms with Gasteiger partial charge in [-0.05, 0) is 194 Å². The molecule has 13 aromatic rings. The van der Waals surface area contributed by atoms with E-state index in [1.54, 1.807) is 16.7 Å². The van der Waals surface area contributed by atoms with Gasteiger partial charge in [-0.1, -0.05) is 231 Å². The molecule has 4 nitrogen and oxygen atoms in total. The SMILES string of the molecule is C1=C2CC34CC(CCC56CCC(CC1(c1ccc(-c7ccc(-c8nc(-c9cccc(-c%10ccccc%10)c9)nc(-c9ccc%10oc%11ccccc%11c%10c9)n8)cc7)cc1-c1ccccc12)C53)c1ccccc1-c1ccccc16)c1ccccc1-c1ccccc14. The van der Waals surface area contributed by atoms with Gasteiger partial charge < -0.3 is 4.42 Å². The van der Waals surface area contributed by atoms with E-state index in [1.807, 2.05) is 18.2 Å². The maximum Gasteiger partial charge on any atom is 0.164 e. The summed E-state index contributed by atoms with van der Waals surface area (Å²) in [6.07, 6.45) is 10.8. The second-order valence-electron chi connectivity index (χ2n) is 26.2. The first-order chi connectivity index (χ1) is 43.5. The monoisotopic (exact) mass is 1130 g/mol. The van der Waals surface area contributed by atoms with Gasteiger partial charge in [0.25, 0.3) is 0 Å². The second-order valence-corrected chi connectivity index (χ2v) is 26.2. The molecule has 3 spiro atoms. The number of hydrogen-bond donors (Lipinski definition) is 0. The van der Waals surface area contributed by atoms with Gasteiger partial charge in [0.1, 0.15) is 11.2 Å². The van der Waals surface area contributed by atoms with Crippen molar-refractivity contribution in [1.82, 2.24) is 15.0 Å². The van der Waals surface area contributed by atoms with Crippen molar-refractivity contribution in [1.29, 1.82) is 0 Å². The molecule has 11 aromatic carbocycles. The Morgan fingerprint density at radius 3 is 1.58 bits per heavy atom. The standard InChI is InChI=1S/C84H61N3O/c1-2-17-52(18-3-1)55-19-16-20-57(45-55)79-85-78(86-80(87-79)58-38-40-77-72(47-58)70-29-12-15-32-76(70)88-77)54-35-33-53(34-36-54)56-37-39-75-71(46-56)67-26-9-6-23-64(67)61-50-83-48-59(63-22-5-8-25-66(63)69-28-11-14-31-74(69)83)41-43-82-44-42-60(49-84(75,51-61)81(82)83)62-21-4-7-24-65(62)68-27-10-13-30-73(68)82/h1-40,45-47,51,59-60,81H,41-44,48-50H2. The highest BCUT2D eigenvalue weighted by Crippen LogP contribution is 2.75. The van der Waals surface area contributed by atoms with Crippen molar-refractivity contribution in [3.63, 3.8) is 0 Å². The lowest BCUT2D eigenvalue weighted by Crippen LogP contribution is -2.58. The average Bonchev–Trinajstić information content (AvgIpc) is 1.43. The van der Waals surface area contributed by atoms with Crippen LogP contribution in [0.2, 0.25) is 0 Å². The summed E-state index contributed by atoms with van der Waals surface area (Å²) in [6.45, 7) is 0. The van der Waals surface area contributed by atoms with Crippen LogP contribution in [-0.4, -0.2) is 15.0 Å². The normalized spacial score (nSPS) is 22.3. The van der Waals surface area contributed by atoms with E-state index in [0.29, 0.717) is 29.3 Å². The molecule has 88 heavy (non-hydrogen) atoms. The molecule has 4 heteroatoms. The minimum Gasteiger partial charge on any atom is -0.456 e. The van der Waals surface area contributed by atoms with Crippen LogP contribution in [0.4, 0.5) is 0 Å². The molecule has 6 unspecified atom stereocenters. The zero-order valence-corrected chi connectivity index (χ0v) is 48.8. The van der Waals surface area contributed by atoms with E-state index in [-0.39, 0.29) is 22.2 Å². The zero-order valence-electron chi connectivity index (χ0n) is 48.8. The maximum atomic E-state index is 6.28. The fourth-order valence-corrected chi connectivity index (χ4v) is 18.7. The Bertz CT molecular complexity index is 5070.